The number of rotatable bonds is 0. The molecule has 0 aromatic heterocycles. The summed E-state index contributed by atoms with van der Waals surface area (Å²) in [4.78, 5) is 0. The van der Waals surface area contributed by atoms with Gasteiger partial charge in [0.2, 0.25) is 0 Å². The van der Waals surface area contributed by atoms with Crippen molar-refractivity contribution in [2.24, 2.45) is 11.1 Å². The Kier molecular flexibility index (Phi) is 2.55. The Balaban J connectivity index is 2.40. The maximum Gasteiger partial charge on any atom is 0.123 e. The minimum atomic E-state index is -0.177. The van der Waals surface area contributed by atoms with E-state index >= 15 is 0 Å². The van der Waals surface area contributed by atoms with E-state index < -0.39 is 0 Å². The second-order valence-electron chi connectivity index (χ2n) is 5.32. The lowest BCUT2D eigenvalue weighted by Gasteiger charge is -2.24. The molecule has 0 bridgehead atoms. The van der Waals surface area contributed by atoms with Gasteiger partial charge in [0, 0.05) is 6.04 Å². The predicted molar refractivity (Wildman–Crippen MR) is 60.0 cm³/mol. The molecular weight excluding hydrogens is 189 g/mol. The minimum absolute atomic E-state index is 0.0202. The number of fused-ring (bicyclic) bond motifs is 1. The van der Waals surface area contributed by atoms with E-state index in [-0.39, 0.29) is 17.3 Å². The van der Waals surface area contributed by atoms with Crippen molar-refractivity contribution in [2.75, 3.05) is 0 Å². The topological polar surface area (TPSA) is 26.0 Å². The molecule has 1 aliphatic rings. The summed E-state index contributed by atoms with van der Waals surface area (Å²) in [6.07, 6.45) is 3.07. The molecule has 0 radical (unpaired) electrons. The lowest BCUT2D eigenvalue weighted by molar-refractivity contribution is 0.293. The Bertz CT molecular complexity index is 371. The first-order valence-electron chi connectivity index (χ1n) is 5.52. The highest BCUT2D eigenvalue weighted by Gasteiger charge is 2.27. The third kappa shape index (κ3) is 2.20. The van der Waals surface area contributed by atoms with Crippen LogP contribution in [0.3, 0.4) is 0 Å². The summed E-state index contributed by atoms with van der Waals surface area (Å²) in [7, 11) is 0. The van der Waals surface area contributed by atoms with Crippen LogP contribution >= 0.6 is 0 Å². The molecule has 1 atom stereocenters. The molecule has 1 aromatic carbocycles. The van der Waals surface area contributed by atoms with Crippen LogP contribution in [-0.4, -0.2) is 0 Å². The average molecular weight is 207 g/mol. The molecule has 0 spiro atoms. The molecule has 2 heteroatoms. The highest BCUT2D eigenvalue weighted by atomic mass is 19.1. The fourth-order valence-corrected chi connectivity index (χ4v) is 2.42. The third-order valence-corrected chi connectivity index (χ3v) is 3.35. The highest BCUT2D eigenvalue weighted by molar-refractivity contribution is 5.32. The Morgan fingerprint density at radius 3 is 2.87 bits per heavy atom. The van der Waals surface area contributed by atoms with Crippen LogP contribution in [0, 0.1) is 11.2 Å². The molecule has 82 valence electrons. The Morgan fingerprint density at radius 1 is 1.40 bits per heavy atom. The minimum Gasteiger partial charge on any atom is -0.324 e. The monoisotopic (exact) mass is 207 g/mol. The molecule has 0 aliphatic heterocycles. The zero-order chi connectivity index (χ0) is 11.1. The number of aryl methyl sites for hydroxylation is 1. The van der Waals surface area contributed by atoms with Crippen LogP contribution in [0.2, 0.25) is 0 Å². The van der Waals surface area contributed by atoms with E-state index in [9.17, 15) is 4.39 Å². The highest BCUT2D eigenvalue weighted by Crippen LogP contribution is 2.38. The van der Waals surface area contributed by atoms with Gasteiger partial charge >= 0.3 is 0 Å². The molecule has 0 heterocycles. The zero-order valence-corrected chi connectivity index (χ0v) is 9.39. The summed E-state index contributed by atoms with van der Waals surface area (Å²) < 4.78 is 13.1. The predicted octanol–water partition coefficient (Wildman–Crippen LogP) is 3.19. The van der Waals surface area contributed by atoms with Crippen molar-refractivity contribution in [2.45, 2.75) is 39.2 Å². The Morgan fingerprint density at radius 2 is 2.13 bits per heavy atom. The van der Waals surface area contributed by atoms with E-state index in [1.54, 1.807) is 6.07 Å². The van der Waals surface area contributed by atoms with E-state index in [0.717, 1.165) is 24.8 Å². The summed E-state index contributed by atoms with van der Waals surface area (Å²) in [5.41, 5.74) is 8.60. The van der Waals surface area contributed by atoms with Gasteiger partial charge in [-0.15, -0.1) is 0 Å². The van der Waals surface area contributed by atoms with Gasteiger partial charge in [0.25, 0.3) is 0 Å². The van der Waals surface area contributed by atoms with Crippen molar-refractivity contribution in [1.82, 2.24) is 0 Å². The summed E-state index contributed by atoms with van der Waals surface area (Å²) >= 11 is 0. The summed E-state index contributed by atoms with van der Waals surface area (Å²) in [5.74, 6) is -0.177. The van der Waals surface area contributed by atoms with Crippen molar-refractivity contribution in [3.8, 4) is 0 Å². The van der Waals surface area contributed by atoms with Crippen LogP contribution < -0.4 is 5.73 Å². The van der Waals surface area contributed by atoms with Gasteiger partial charge < -0.3 is 5.73 Å². The molecule has 0 amide bonds. The van der Waals surface area contributed by atoms with Gasteiger partial charge in [0.15, 0.2) is 0 Å². The molecule has 15 heavy (non-hydrogen) atoms. The second kappa shape index (κ2) is 3.60. The van der Waals surface area contributed by atoms with E-state index in [1.807, 2.05) is 6.07 Å². The first-order valence-corrected chi connectivity index (χ1v) is 5.52. The van der Waals surface area contributed by atoms with Crippen molar-refractivity contribution < 1.29 is 4.39 Å². The molecular formula is C13H18FN. The van der Waals surface area contributed by atoms with Crippen molar-refractivity contribution in [3.05, 3.63) is 35.1 Å². The molecule has 1 nitrogen and oxygen atoms in total. The summed E-state index contributed by atoms with van der Waals surface area (Å²) in [5, 5.41) is 0. The van der Waals surface area contributed by atoms with Gasteiger partial charge in [-0.05, 0) is 47.9 Å². The van der Waals surface area contributed by atoms with Crippen LogP contribution in [0.15, 0.2) is 18.2 Å². The molecule has 0 saturated carbocycles. The van der Waals surface area contributed by atoms with E-state index in [1.165, 1.54) is 11.6 Å². The lowest BCUT2D eigenvalue weighted by Crippen LogP contribution is -2.19. The van der Waals surface area contributed by atoms with E-state index in [0.29, 0.717) is 0 Å². The third-order valence-electron chi connectivity index (χ3n) is 3.35. The van der Waals surface area contributed by atoms with Crippen LogP contribution in [0.4, 0.5) is 4.39 Å². The summed E-state index contributed by atoms with van der Waals surface area (Å²) in [6, 6.07) is 4.99. The maximum atomic E-state index is 13.1. The number of benzene rings is 1. The van der Waals surface area contributed by atoms with E-state index in [4.69, 9.17) is 5.73 Å². The van der Waals surface area contributed by atoms with Gasteiger partial charge in [-0.25, -0.2) is 4.39 Å². The second-order valence-corrected chi connectivity index (χ2v) is 5.32. The maximum absolute atomic E-state index is 13.1. The molecule has 1 aromatic rings. The number of nitrogens with two attached hydrogens (primary N) is 1. The lowest BCUT2D eigenvalue weighted by atomic mass is 9.83. The average Bonchev–Trinajstić information content (AvgIpc) is 2.24. The largest absolute Gasteiger partial charge is 0.324 e. The first-order chi connectivity index (χ1) is 6.98. The first kappa shape index (κ1) is 10.6. The van der Waals surface area contributed by atoms with Gasteiger partial charge in [-0.3, -0.25) is 0 Å². The number of hydrogen-bond acceptors (Lipinski definition) is 1. The van der Waals surface area contributed by atoms with Crippen molar-refractivity contribution in [1.29, 1.82) is 0 Å². The van der Waals surface area contributed by atoms with Crippen molar-refractivity contribution >= 4 is 0 Å². The Labute approximate surface area is 90.5 Å². The van der Waals surface area contributed by atoms with Gasteiger partial charge in [0.05, 0.1) is 0 Å². The zero-order valence-electron chi connectivity index (χ0n) is 9.39. The SMILES string of the molecule is CC1(C)CCc2ccc(F)cc2C(N)C1. The van der Waals surface area contributed by atoms with Crippen molar-refractivity contribution in [3.63, 3.8) is 0 Å². The quantitative estimate of drug-likeness (QED) is 0.650. The van der Waals surface area contributed by atoms with Crippen LogP contribution in [0.5, 0.6) is 0 Å². The van der Waals surface area contributed by atoms with Gasteiger partial charge in [-0.2, -0.15) is 0 Å². The molecule has 1 aliphatic carbocycles. The fraction of sp³-hybridized carbons (Fsp3) is 0.538. The Hall–Kier alpha value is -0.890. The molecule has 2 N–H and O–H groups in total. The molecule has 0 fully saturated rings. The standard InChI is InChI=1S/C13H18FN/c1-13(2)6-5-9-3-4-10(14)7-11(9)12(15)8-13/h3-4,7,12H,5-6,8,15H2,1-2H3. The van der Waals surface area contributed by atoms with E-state index in [2.05, 4.69) is 13.8 Å². The number of hydrogen-bond donors (Lipinski definition) is 1. The van der Waals surface area contributed by atoms with Crippen LogP contribution in [0.1, 0.15) is 43.9 Å². The van der Waals surface area contributed by atoms with Crippen LogP contribution in [-0.2, 0) is 6.42 Å². The molecule has 0 saturated heterocycles. The smallest absolute Gasteiger partial charge is 0.123 e. The molecule has 2 rings (SSSR count). The molecule has 1 unspecified atom stereocenters. The van der Waals surface area contributed by atoms with Gasteiger partial charge in [-0.1, -0.05) is 19.9 Å². The van der Waals surface area contributed by atoms with Gasteiger partial charge in [0.1, 0.15) is 5.82 Å². The summed E-state index contributed by atoms with van der Waals surface area (Å²) in [6.45, 7) is 4.46. The fourth-order valence-electron chi connectivity index (χ4n) is 2.42. The number of halogens is 1. The van der Waals surface area contributed by atoms with Crippen LogP contribution in [0.25, 0.3) is 0 Å². The normalized spacial score (nSPS) is 24.4.